The zero-order chi connectivity index (χ0) is 17.3. The zero-order valence-corrected chi connectivity index (χ0v) is 15.4. The van der Waals surface area contributed by atoms with Crippen LogP contribution in [0.25, 0.3) is 0 Å². The first-order valence-electron chi connectivity index (χ1n) is 9.51. The number of likely N-dealkylation sites (tertiary alicyclic amines) is 1. The van der Waals surface area contributed by atoms with Gasteiger partial charge in [0.25, 0.3) is 0 Å². The molecule has 0 saturated carbocycles. The number of nitrogens with zero attached hydrogens (tertiary/aromatic N) is 3. The van der Waals surface area contributed by atoms with Gasteiger partial charge in [-0.2, -0.15) is 0 Å². The van der Waals surface area contributed by atoms with Crippen molar-refractivity contribution < 1.29 is 0 Å². The van der Waals surface area contributed by atoms with Crippen LogP contribution < -0.4 is 15.5 Å². The fourth-order valence-electron chi connectivity index (χ4n) is 3.44. The van der Waals surface area contributed by atoms with Gasteiger partial charge < -0.3 is 20.4 Å². The average molecular weight is 342 g/mol. The van der Waals surface area contributed by atoms with E-state index in [2.05, 4.69) is 61.8 Å². The van der Waals surface area contributed by atoms with Gasteiger partial charge in [0.1, 0.15) is 0 Å². The van der Waals surface area contributed by atoms with Crippen molar-refractivity contribution in [2.45, 2.75) is 25.8 Å². The second-order valence-corrected chi connectivity index (χ2v) is 6.80. The molecule has 0 aliphatic carbocycles. The Labute approximate surface area is 151 Å². The molecule has 25 heavy (non-hydrogen) atoms. The van der Waals surface area contributed by atoms with E-state index < -0.39 is 0 Å². The number of aliphatic imine (C=N–C) groups is 1. The van der Waals surface area contributed by atoms with Crippen LogP contribution in [0, 0.1) is 0 Å². The third kappa shape index (κ3) is 5.49. The largest absolute Gasteiger partial charge is 0.364 e. The molecule has 1 saturated heterocycles. The maximum absolute atomic E-state index is 4.33. The van der Waals surface area contributed by atoms with Gasteiger partial charge in [-0.15, -0.1) is 0 Å². The van der Waals surface area contributed by atoms with Crippen molar-refractivity contribution in [3.05, 3.63) is 42.0 Å². The minimum absolute atomic E-state index is 0.794. The normalized spacial score (nSPS) is 18.6. The standard InChI is InChI=1S/C20H31N5/c1-21-20(22-11-16-24-12-3-2-4-13-24)23-17-18-7-9-19(10-8-18)25-14-5-6-15-25/h5-10H,2-4,11-17H2,1H3,(H2,21,22,23). The van der Waals surface area contributed by atoms with E-state index in [1.54, 1.807) is 0 Å². The number of hydrogen-bond acceptors (Lipinski definition) is 3. The molecule has 5 heteroatoms. The first-order valence-corrected chi connectivity index (χ1v) is 9.51. The van der Waals surface area contributed by atoms with Crippen LogP contribution in [0.15, 0.2) is 41.4 Å². The Morgan fingerprint density at radius 1 is 1.00 bits per heavy atom. The number of benzene rings is 1. The van der Waals surface area contributed by atoms with E-state index in [9.17, 15) is 0 Å². The molecule has 1 fully saturated rings. The van der Waals surface area contributed by atoms with Crippen LogP contribution in [0.4, 0.5) is 5.69 Å². The summed E-state index contributed by atoms with van der Waals surface area (Å²) in [6.45, 7) is 7.36. The zero-order valence-electron chi connectivity index (χ0n) is 15.4. The van der Waals surface area contributed by atoms with Gasteiger partial charge in [-0.1, -0.05) is 30.7 Å². The Kier molecular flexibility index (Phi) is 6.74. The molecule has 136 valence electrons. The Bertz CT molecular complexity index is 564. The number of nitrogens with one attached hydrogen (secondary N) is 2. The molecular weight excluding hydrogens is 310 g/mol. The summed E-state index contributed by atoms with van der Waals surface area (Å²) in [5.74, 6) is 0.879. The summed E-state index contributed by atoms with van der Waals surface area (Å²) in [6.07, 6.45) is 8.51. The fourth-order valence-corrected chi connectivity index (χ4v) is 3.44. The van der Waals surface area contributed by atoms with E-state index in [0.29, 0.717) is 0 Å². The number of hydrogen-bond donors (Lipinski definition) is 2. The Morgan fingerprint density at radius 2 is 1.72 bits per heavy atom. The average Bonchev–Trinajstić information content (AvgIpc) is 3.20. The highest BCUT2D eigenvalue weighted by Gasteiger charge is 2.10. The van der Waals surface area contributed by atoms with Gasteiger partial charge in [-0.3, -0.25) is 4.99 Å². The smallest absolute Gasteiger partial charge is 0.191 e. The minimum Gasteiger partial charge on any atom is -0.364 e. The molecule has 1 aromatic carbocycles. The van der Waals surface area contributed by atoms with Gasteiger partial charge in [-0.25, -0.2) is 0 Å². The molecule has 0 radical (unpaired) electrons. The molecule has 5 nitrogen and oxygen atoms in total. The van der Waals surface area contributed by atoms with Crippen molar-refractivity contribution >= 4 is 11.6 Å². The van der Waals surface area contributed by atoms with Crippen LogP contribution in [0.5, 0.6) is 0 Å². The van der Waals surface area contributed by atoms with Gasteiger partial charge in [-0.05, 0) is 43.6 Å². The van der Waals surface area contributed by atoms with Gasteiger partial charge in [0, 0.05) is 45.5 Å². The summed E-state index contributed by atoms with van der Waals surface area (Å²) < 4.78 is 0. The Balaban J connectivity index is 1.38. The van der Waals surface area contributed by atoms with Gasteiger partial charge >= 0.3 is 0 Å². The van der Waals surface area contributed by atoms with Crippen LogP contribution in [-0.4, -0.2) is 57.2 Å². The molecule has 0 atom stereocenters. The predicted molar refractivity (Wildman–Crippen MR) is 106 cm³/mol. The van der Waals surface area contributed by atoms with Gasteiger partial charge in [0.15, 0.2) is 5.96 Å². The molecule has 0 spiro atoms. The number of piperidine rings is 1. The summed E-state index contributed by atoms with van der Waals surface area (Å²) in [6, 6.07) is 8.80. The van der Waals surface area contributed by atoms with Crippen LogP contribution in [0.3, 0.4) is 0 Å². The maximum atomic E-state index is 4.33. The summed E-state index contributed by atoms with van der Waals surface area (Å²) in [7, 11) is 1.83. The van der Waals surface area contributed by atoms with E-state index in [-0.39, 0.29) is 0 Å². The first-order chi connectivity index (χ1) is 12.3. The Morgan fingerprint density at radius 3 is 2.40 bits per heavy atom. The summed E-state index contributed by atoms with van der Waals surface area (Å²) >= 11 is 0. The second-order valence-electron chi connectivity index (χ2n) is 6.80. The summed E-state index contributed by atoms with van der Waals surface area (Å²) in [5.41, 5.74) is 2.56. The molecule has 2 aliphatic rings. The van der Waals surface area contributed by atoms with Crippen molar-refractivity contribution in [1.82, 2.24) is 15.5 Å². The SMILES string of the molecule is CN=C(NCCN1CCCCC1)NCc1ccc(N2CC=CC2)cc1. The van der Waals surface area contributed by atoms with E-state index in [1.807, 2.05) is 7.05 Å². The first kappa shape index (κ1) is 17.8. The van der Waals surface area contributed by atoms with E-state index in [1.165, 1.54) is 43.6 Å². The quantitative estimate of drug-likeness (QED) is 0.473. The molecule has 0 unspecified atom stereocenters. The van der Waals surface area contributed by atoms with Crippen LogP contribution >= 0.6 is 0 Å². The van der Waals surface area contributed by atoms with Crippen molar-refractivity contribution in [3.8, 4) is 0 Å². The van der Waals surface area contributed by atoms with Gasteiger partial charge in [0.05, 0.1) is 0 Å². The molecule has 2 heterocycles. The second kappa shape index (κ2) is 9.47. The fraction of sp³-hybridized carbons (Fsp3) is 0.550. The highest BCUT2D eigenvalue weighted by molar-refractivity contribution is 5.79. The Hall–Kier alpha value is -2.01. The summed E-state index contributed by atoms with van der Waals surface area (Å²) in [4.78, 5) is 9.22. The lowest BCUT2D eigenvalue weighted by Gasteiger charge is -2.26. The van der Waals surface area contributed by atoms with E-state index in [0.717, 1.165) is 38.7 Å². The maximum Gasteiger partial charge on any atom is 0.191 e. The lowest BCUT2D eigenvalue weighted by molar-refractivity contribution is 0.232. The predicted octanol–water partition coefficient (Wildman–Crippen LogP) is 2.21. The third-order valence-electron chi connectivity index (χ3n) is 4.97. The molecular formula is C20H31N5. The van der Waals surface area contributed by atoms with Crippen molar-refractivity contribution in [1.29, 1.82) is 0 Å². The lowest BCUT2D eigenvalue weighted by atomic mass is 10.1. The minimum atomic E-state index is 0.794. The molecule has 0 bridgehead atoms. The molecule has 3 rings (SSSR count). The van der Waals surface area contributed by atoms with Crippen molar-refractivity contribution in [2.24, 2.45) is 4.99 Å². The van der Waals surface area contributed by atoms with Crippen LogP contribution in [0.1, 0.15) is 24.8 Å². The molecule has 1 aromatic rings. The number of guanidine groups is 1. The lowest BCUT2D eigenvalue weighted by Crippen LogP contribution is -2.42. The molecule has 2 N–H and O–H groups in total. The molecule has 0 amide bonds. The highest BCUT2D eigenvalue weighted by atomic mass is 15.2. The molecule has 0 aromatic heterocycles. The summed E-state index contributed by atoms with van der Waals surface area (Å²) in [5, 5.41) is 6.83. The van der Waals surface area contributed by atoms with Crippen molar-refractivity contribution in [2.75, 3.05) is 51.2 Å². The topological polar surface area (TPSA) is 42.9 Å². The van der Waals surface area contributed by atoms with Crippen LogP contribution in [-0.2, 0) is 6.54 Å². The number of anilines is 1. The third-order valence-corrected chi connectivity index (χ3v) is 4.97. The van der Waals surface area contributed by atoms with Crippen LogP contribution in [0.2, 0.25) is 0 Å². The monoisotopic (exact) mass is 341 g/mol. The van der Waals surface area contributed by atoms with E-state index >= 15 is 0 Å². The number of rotatable bonds is 6. The van der Waals surface area contributed by atoms with Gasteiger partial charge in [0.2, 0.25) is 0 Å². The molecule has 2 aliphatic heterocycles. The highest BCUT2D eigenvalue weighted by Crippen LogP contribution is 2.17. The van der Waals surface area contributed by atoms with E-state index in [4.69, 9.17) is 0 Å². The van der Waals surface area contributed by atoms with Crippen molar-refractivity contribution in [3.63, 3.8) is 0 Å².